The Morgan fingerprint density at radius 3 is 2.79 bits per heavy atom. The van der Waals surface area contributed by atoms with Gasteiger partial charge in [-0.15, -0.1) is 0 Å². The molecule has 0 aliphatic heterocycles. The van der Waals surface area contributed by atoms with E-state index in [2.05, 4.69) is 6.58 Å². The van der Waals surface area contributed by atoms with Crippen LogP contribution in [0.5, 0.6) is 0 Å². The van der Waals surface area contributed by atoms with Crippen LogP contribution in [-0.4, -0.2) is 4.92 Å². The maximum absolute atomic E-state index is 10.6. The third-order valence-corrected chi connectivity index (χ3v) is 1.96. The van der Waals surface area contributed by atoms with Crippen molar-refractivity contribution in [2.45, 2.75) is 6.92 Å². The van der Waals surface area contributed by atoms with Gasteiger partial charge in [0, 0.05) is 11.6 Å². The maximum atomic E-state index is 10.6. The Morgan fingerprint density at radius 2 is 2.21 bits per heavy atom. The minimum Gasteiger partial charge on any atom is -0.258 e. The molecule has 3 heteroatoms. The van der Waals surface area contributed by atoms with Gasteiger partial charge in [-0.3, -0.25) is 10.1 Å². The Hall–Kier alpha value is -1.90. The molecule has 1 rings (SSSR count). The Kier molecular flexibility index (Phi) is 3.18. The van der Waals surface area contributed by atoms with Crippen molar-refractivity contribution < 1.29 is 4.92 Å². The number of nitro groups is 1. The van der Waals surface area contributed by atoms with Crippen LogP contribution in [-0.2, 0) is 0 Å². The summed E-state index contributed by atoms with van der Waals surface area (Å²) >= 11 is 0. The molecule has 0 saturated carbocycles. The predicted octanol–water partition coefficient (Wildman–Crippen LogP) is 3.10. The third-order valence-electron chi connectivity index (χ3n) is 1.96. The Morgan fingerprint density at radius 1 is 1.50 bits per heavy atom. The standard InChI is InChI=1S/C11H11NO2/c1-3-4-6-10-7-5-8-11(9(10)2)12(13)14/h3-8H,1H2,2H3/b6-4+. The zero-order valence-electron chi connectivity index (χ0n) is 7.93. The van der Waals surface area contributed by atoms with Crippen molar-refractivity contribution in [3.05, 3.63) is 58.2 Å². The topological polar surface area (TPSA) is 43.1 Å². The molecule has 0 heterocycles. The first-order valence-electron chi connectivity index (χ1n) is 4.20. The average Bonchev–Trinajstić information content (AvgIpc) is 2.16. The van der Waals surface area contributed by atoms with E-state index in [0.717, 1.165) is 5.56 Å². The fraction of sp³-hybridized carbons (Fsp3) is 0.0909. The van der Waals surface area contributed by atoms with Crippen molar-refractivity contribution in [2.24, 2.45) is 0 Å². The molecule has 0 aromatic heterocycles. The van der Waals surface area contributed by atoms with Crippen molar-refractivity contribution in [3.63, 3.8) is 0 Å². The molecule has 0 radical (unpaired) electrons. The molecule has 14 heavy (non-hydrogen) atoms. The van der Waals surface area contributed by atoms with Gasteiger partial charge in [-0.25, -0.2) is 0 Å². The van der Waals surface area contributed by atoms with Crippen LogP contribution in [0.4, 0.5) is 5.69 Å². The van der Waals surface area contributed by atoms with E-state index in [0.29, 0.717) is 5.56 Å². The van der Waals surface area contributed by atoms with Crippen molar-refractivity contribution in [1.82, 2.24) is 0 Å². The highest BCUT2D eigenvalue weighted by Gasteiger charge is 2.10. The summed E-state index contributed by atoms with van der Waals surface area (Å²) in [5, 5.41) is 10.6. The Labute approximate surface area is 82.5 Å². The summed E-state index contributed by atoms with van der Waals surface area (Å²) in [5.41, 5.74) is 1.67. The molecule has 1 aromatic rings. The van der Waals surface area contributed by atoms with Crippen molar-refractivity contribution >= 4 is 11.8 Å². The van der Waals surface area contributed by atoms with Crippen LogP contribution in [0.15, 0.2) is 36.9 Å². The van der Waals surface area contributed by atoms with Gasteiger partial charge in [0.25, 0.3) is 5.69 Å². The van der Waals surface area contributed by atoms with E-state index in [1.807, 2.05) is 6.07 Å². The second kappa shape index (κ2) is 4.37. The van der Waals surface area contributed by atoms with Gasteiger partial charge in [0.2, 0.25) is 0 Å². The van der Waals surface area contributed by atoms with E-state index in [4.69, 9.17) is 0 Å². The molecule has 0 atom stereocenters. The van der Waals surface area contributed by atoms with Crippen LogP contribution in [0.2, 0.25) is 0 Å². The molecule has 0 fully saturated rings. The highest BCUT2D eigenvalue weighted by molar-refractivity contribution is 5.60. The lowest BCUT2D eigenvalue weighted by molar-refractivity contribution is -0.385. The first-order chi connectivity index (χ1) is 6.66. The summed E-state index contributed by atoms with van der Waals surface area (Å²) in [5.74, 6) is 0. The highest BCUT2D eigenvalue weighted by atomic mass is 16.6. The molecule has 0 spiro atoms. The predicted molar refractivity (Wildman–Crippen MR) is 57.1 cm³/mol. The Bertz CT molecular complexity index is 394. The fourth-order valence-electron chi connectivity index (χ4n) is 1.19. The smallest absolute Gasteiger partial charge is 0.258 e. The van der Waals surface area contributed by atoms with Gasteiger partial charge in [-0.1, -0.05) is 36.9 Å². The SMILES string of the molecule is C=C/C=C/c1cccc([N+](=O)[O-])c1C. The summed E-state index contributed by atoms with van der Waals surface area (Å²) in [6.45, 7) is 5.28. The number of hydrogen-bond donors (Lipinski definition) is 0. The van der Waals surface area contributed by atoms with Gasteiger partial charge in [0.1, 0.15) is 0 Å². The molecular weight excluding hydrogens is 178 g/mol. The number of benzene rings is 1. The number of nitro benzene ring substituents is 1. The average molecular weight is 189 g/mol. The molecule has 0 unspecified atom stereocenters. The molecule has 0 saturated heterocycles. The molecule has 1 aromatic carbocycles. The second-order valence-electron chi connectivity index (χ2n) is 2.84. The molecular formula is C11H11NO2. The first kappa shape index (κ1) is 10.2. The number of nitrogens with zero attached hydrogens (tertiary/aromatic N) is 1. The molecule has 0 aliphatic rings. The maximum Gasteiger partial charge on any atom is 0.272 e. The van der Waals surface area contributed by atoms with E-state index in [1.165, 1.54) is 6.07 Å². The normalized spacial score (nSPS) is 10.4. The minimum atomic E-state index is -0.374. The summed E-state index contributed by atoms with van der Waals surface area (Å²) in [7, 11) is 0. The molecule has 3 nitrogen and oxygen atoms in total. The molecule has 0 bridgehead atoms. The van der Waals surface area contributed by atoms with Crippen LogP contribution in [0.25, 0.3) is 6.08 Å². The van der Waals surface area contributed by atoms with Crippen molar-refractivity contribution in [3.8, 4) is 0 Å². The molecule has 72 valence electrons. The molecule has 0 amide bonds. The first-order valence-corrected chi connectivity index (χ1v) is 4.20. The zero-order valence-corrected chi connectivity index (χ0v) is 7.93. The Balaban J connectivity index is 3.20. The van der Waals surface area contributed by atoms with Crippen LogP contribution in [0.1, 0.15) is 11.1 Å². The number of allylic oxidation sites excluding steroid dienone is 2. The van der Waals surface area contributed by atoms with E-state index in [1.54, 1.807) is 31.2 Å². The lowest BCUT2D eigenvalue weighted by Crippen LogP contribution is -1.92. The summed E-state index contributed by atoms with van der Waals surface area (Å²) in [6, 6.07) is 5.01. The number of hydrogen-bond acceptors (Lipinski definition) is 2. The third kappa shape index (κ3) is 2.07. The lowest BCUT2D eigenvalue weighted by Gasteiger charge is -2.00. The summed E-state index contributed by atoms with van der Waals surface area (Å²) in [6.07, 6.45) is 5.19. The van der Waals surface area contributed by atoms with Crippen LogP contribution in [0, 0.1) is 17.0 Å². The van der Waals surface area contributed by atoms with Crippen LogP contribution in [0.3, 0.4) is 0 Å². The van der Waals surface area contributed by atoms with Crippen molar-refractivity contribution in [2.75, 3.05) is 0 Å². The van der Waals surface area contributed by atoms with Crippen molar-refractivity contribution in [1.29, 1.82) is 0 Å². The minimum absolute atomic E-state index is 0.149. The second-order valence-corrected chi connectivity index (χ2v) is 2.84. The highest BCUT2D eigenvalue weighted by Crippen LogP contribution is 2.21. The largest absolute Gasteiger partial charge is 0.272 e. The summed E-state index contributed by atoms with van der Waals surface area (Å²) in [4.78, 5) is 10.2. The lowest BCUT2D eigenvalue weighted by atomic mass is 10.1. The van der Waals surface area contributed by atoms with Gasteiger partial charge < -0.3 is 0 Å². The summed E-state index contributed by atoms with van der Waals surface area (Å²) < 4.78 is 0. The number of rotatable bonds is 3. The van der Waals surface area contributed by atoms with Crippen LogP contribution < -0.4 is 0 Å². The van der Waals surface area contributed by atoms with E-state index < -0.39 is 0 Å². The van der Waals surface area contributed by atoms with Gasteiger partial charge in [0.05, 0.1) is 4.92 Å². The van der Waals surface area contributed by atoms with E-state index in [-0.39, 0.29) is 10.6 Å². The van der Waals surface area contributed by atoms with Gasteiger partial charge in [-0.2, -0.15) is 0 Å². The van der Waals surface area contributed by atoms with Crippen LogP contribution >= 0.6 is 0 Å². The monoisotopic (exact) mass is 189 g/mol. The molecule has 0 N–H and O–H groups in total. The van der Waals surface area contributed by atoms with Gasteiger partial charge in [0.15, 0.2) is 0 Å². The van der Waals surface area contributed by atoms with Gasteiger partial charge >= 0.3 is 0 Å². The fourth-order valence-corrected chi connectivity index (χ4v) is 1.19. The van der Waals surface area contributed by atoms with E-state index in [9.17, 15) is 10.1 Å². The van der Waals surface area contributed by atoms with Gasteiger partial charge in [-0.05, 0) is 12.5 Å². The molecule has 0 aliphatic carbocycles. The van der Waals surface area contributed by atoms with E-state index >= 15 is 0 Å². The zero-order chi connectivity index (χ0) is 10.6. The quantitative estimate of drug-likeness (QED) is 0.416.